The average Bonchev–Trinajstić information content (AvgIpc) is 2.01. The Balaban J connectivity index is 3.31. The van der Waals surface area contributed by atoms with Crippen LogP contribution in [0.15, 0.2) is 18.3 Å². The van der Waals surface area contributed by atoms with E-state index < -0.39 is 5.92 Å². The molecule has 3 heteroatoms. The van der Waals surface area contributed by atoms with Crippen LogP contribution in [-0.4, -0.2) is 4.98 Å². The van der Waals surface area contributed by atoms with Crippen molar-refractivity contribution in [2.45, 2.75) is 39.0 Å². The Morgan fingerprint density at radius 3 is 2.07 bits per heavy atom. The zero-order valence-electron chi connectivity index (χ0n) is 8.94. The summed E-state index contributed by atoms with van der Waals surface area (Å²) in [6, 6.07) is 2.98. The van der Waals surface area contributed by atoms with Crippen molar-refractivity contribution in [1.82, 2.24) is 4.98 Å². The molecule has 0 spiro atoms. The predicted molar refractivity (Wildman–Crippen MR) is 52.5 cm³/mol. The first kappa shape index (κ1) is 11.1. The lowest BCUT2D eigenvalue weighted by atomic mass is 9.87. The number of nitrogens with zero attached hydrogens (tertiary/aromatic N) is 1. The van der Waals surface area contributed by atoms with Crippen LogP contribution in [0.25, 0.3) is 0 Å². The number of pyridine rings is 1. The summed E-state index contributed by atoms with van der Waals surface area (Å²) in [5.74, 6) is -2.82. The van der Waals surface area contributed by atoms with Crippen molar-refractivity contribution in [2.24, 2.45) is 0 Å². The van der Waals surface area contributed by atoms with E-state index in [4.69, 9.17) is 0 Å². The number of rotatable bonds is 1. The van der Waals surface area contributed by atoms with Crippen LogP contribution in [0.5, 0.6) is 0 Å². The summed E-state index contributed by atoms with van der Waals surface area (Å²) in [6.45, 7) is 6.54. The van der Waals surface area contributed by atoms with Gasteiger partial charge in [0, 0.05) is 24.1 Å². The molecular weight excluding hydrogens is 184 g/mol. The van der Waals surface area contributed by atoms with E-state index in [1.165, 1.54) is 6.07 Å². The minimum Gasteiger partial charge on any atom is -0.260 e. The molecule has 0 saturated carbocycles. The van der Waals surface area contributed by atoms with Crippen LogP contribution in [0, 0.1) is 0 Å². The fourth-order valence-electron chi connectivity index (χ4n) is 1.36. The molecule has 14 heavy (non-hydrogen) atoms. The molecule has 0 atom stereocenters. The number of hydrogen-bond acceptors (Lipinski definition) is 1. The van der Waals surface area contributed by atoms with Gasteiger partial charge in [0.05, 0.1) is 5.69 Å². The number of alkyl halides is 2. The summed E-state index contributed by atoms with van der Waals surface area (Å²) in [5, 5.41) is 0. The van der Waals surface area contributed by atoms with Crippen LogP contribution in [0.4, 0.5) is 8.78 Å². The third-order valence-electron chi connectivity index (χ3n) is 1.99. The lowest BCUT2D eigenvalue weighted by molar-refractivity contribution is 0.0151. The van der Waals surface area contributed by atoms with Crippen molar-refractivity contribution in [3.8, 4) is 0 Å². The molecule has 0 aliphatic carbocycles. The normalized spacial score (nSPS) is 13.0. The van der Waals surface area contributed by atoms with Gasteiger partial charge in [-0.25, -0.2) is 8.78 Å². The molecule has 0 aliphatic rings. The van der Waals surface area contributed by atoms with Gasteiger partial charge < -0.3 is 0 Å². The Labute approximate surface area is 83.2 Å². The minimum atomic E-state index is -2.82. The highest BCUT2D eigenvalue weighted by Crippen LogP contribution is 2.34. The van der Waals surface area contributed by atoms with E-state index in [-0.39, 0.29) is 11.0 Å². The molecule has 1 rings (SSSR count). The summed E-state index contributed by atoms with van der Waals surface area (Å²) in [4.78, 5) is 4.04. The van der Waals surface area contributed by atoms with Crippen LogP contribution in [0.1, 0.15) is 39.0 Å². The van der Waals surface area contributed by atoms with Crippen molar-refractivity contribution in [1.29, 1.82) is 0 Å². The van der Waals surface area contributed by atoms with Gasteiger partial charge in [-0.3, -0.25) is 4.98 Å². The number of halogens is 2. The van der Waals surface area contributed by atoms with Crippen LogP contribution >= 0.6 is 0 Å². The van der Waals surface area contributed by atoms with E-state index in [1.807, 2.05) is 20.8 Å². The zero-order valence-corrected chi connectivity index (χ0v) is 8.94. The topological polar surface area (TPSA) is 12.9 Å². The molecule has 0 aromatic carbocycles. The summed E-state index contributed by atoms with van der Waals surface area (Å²) in [5.41, 5.74) is 0.135. The van der Waals surface area contributed by atoms with Crippen molar-refractivity contribution in [2.75, 3.05) is 0 Å². The zero-order chi connectivity index (χ0) is 11.0. The molecule has 78 valence electrons. The number of hydrogen-bond donors (Lipinski definition) is 0. The quantitative estimate of drug-likeness (QED) is 0.674. The van der Waals surface area contributed by atoms with Gasteiger partial charge in [-0.2, -0.15) is 0 Å². The smallest absolute Gasteiger partial charge is 0.260 e. The maximum Gasteiger partial charge on any atom is 0.272 e. The molecule has 1 heterocycles. The summed E-state index contributed by atoms with van der Waals surface area (Å²) < 4.78 is 26.4. The molecule has 0 N–H and O–H groups in total. The van der Waals surface area contributed by atoms with Crippen molar-refractivity contribution < 1.29 is 8.78 Å². The Hall–Kier alpha value is -0.990. The lowest BCUT2D eigenvalue weighted by Crippen LogP contribution is -2.21. The molecule has 0 unspecified atom stereocenters. The third-order valence-corrected chi connectivity index (χ3v) is 1.99. The molecule has 1 aromatic heterocycles. The van der Waals surface area contributed by atoms with Gasteiger partial charge in [0.2, 0.25) is 0 Å². The maximum atomic E-state index is 13.2. The van der Waals surface area contributed by atoms with Crippen molar-refractivity contribution >= 4 is 0 Å². The second-order valence-corrected chi connectivity index (χ2v) is 4.54. The summed E-state index contributed by atoms with van der Waals surface area (Å²) in [6.07, 6.45) is 1.55. The second-order valence-electron chi connectivity index (χ2n) is 4.54. The van der Waals surface area contributed by atoms with E-state index in [0.717, 1.165) is 6.92 Å². The van der Waals surface area contributed by atoms with E-state index in [0.29, 0.717) is 5.69 Å². The van der Waals surface area contributed by atoms with E-state index in [9.17, 15) is 8.78 Å². The van der Waals surface area contributed by atoms with Gasteiger partial charge in [-0.05, 0) is 12.1 Å². The molecule has 0 amide bonds. The molecule has 0 radical (unpaired) electrons. The van der Waals surface area contributed by atoms with Crippen LogP contribution in [0.3, 0.4) is 0 Å². The van der Waals surface area contributed by atoms with Gasteiger partial charge >= 0.3 is 0 Å². The van der Waals surface area contributed by atoms with E-state index in [2.05, 4.69) is 4.98 Å². The fourth-order valence-corrected chi connectivity index (χ4v) is 1.36. The van der Waals surface area contributed by atoms with Gasteiger partial charge in [-0.15, -0.1) is 0 Å². The first-order valence-electron chi connectivity index (χ1n) is 4.57. The lowest BCUT2D eigenvalue weighted by Gasteiger charge is -2.23. The van der Waals surface area contributed by atoms with Crippen LogP contribution in [-0.2, 0) is 11.3 Å². The number of aromatic nitrogens is 1. The molecule has 1 nitrogen and oxygen atoms in total. The maximum absolute atomic E-state index is 13.2. The van der Waals surface area contributed by atoms with Gasteiger partial charge in [0.25, 0.3) is 5.92 Å². The highest BCUT2D eigenvalue weighted by Gasteiger charge is 2.32. The summed E-state index contributed by atoms with van der Waals surface area (Å²) >= 11 is 0. The molecule has 0 saturated heterocycles. The second kappa shape index (κ2) is 3.30. The van der Waals surface area contributed by atoms with E-state index in [1.54, 1.807) is 12.3 Å². The third kappa shape index (κ3) is 2.28. The highest BCUT2D eigenvalue weighted by atomic mass is 19.3. The van der Waals surface area contributed by atoms with Gasteiger partial charge in [0.1, 0.15) is 0 Å². The summed E-state index contributed by atoms with van der Waals surface area (Å²) in [7, 11) is 0. The molecule has 0 aliphatic heterocycles. The molecule has 0 bridgehead atoms. The van der Waals surface area contributed by atoms with Crippen LogP contribution < -0.4 is 0 Å². The Kier molecular flexibility index (Phi) is 2.61. The van der Waals surface area contributed by atoms with Crippen molar-refractivity contribution in [3.05, 3.63) is 29.6 Å². The SMILES string of the molecule is CC(C)(C)c1ncccc1C(C)(F)F. The fraction of sp³-hybridized carbons (Fsp3) is 0.545. The molecule has 1 aromatic rings. The monoisotopic (exact) mass is 199 g/mol. The molecular formula is C11H15F2N. The van der Waals surface area contributed by atoms with E-state index >= 15 is 0 Å². The average molecular weight is 199 g/mol. The minimum absolute atomic E-state index is 0.0208. The van der Waals surface area contributed by atoms with Gasteiger partial charge in [-0.1, -0.05) is 20.8 Å². The predicted octanol–water partition coefficient (Wildman–Crippen LogP) is 3.49. The van der Waals surface area contributed by atoms with Crippen LogP contribution in [0.2, 0.25) is 0 Å². The van der Waals surface area contributed by atoms with Crippen molar-refractivity contribution in [3.63, 3.8) is 0 Å². The largest absolute Gasteiger partial charge is 0.272 e. The first-order valence-corrected chi connectivity index (χ1v) is 4.57. The standard InChI is InChI=1S/C11H15F2N/c1-10(2,3)9-8(11(4,12)13)6-5-7-14-9/h5-7H,1-4H3. The Morgan fingerprint density at radius 1 is 1.14 bits per heavy atom. The van der Waals surface area contributed by atoms with Gasteiger partial charge in [0.15, 0.2) is 0 Å². The Morgan fingerprint density at radius 2 is 1.71 bits per heavy atom. The Bertz CT molecular complexity index is 288. The first-order chi connectivity index (χ1) is 6.23. The highest BCUT2D eigenvalue weighted by molar-refractivity contribution is 5.29. The molecule has 0 fully saturated rings.